The quantitative estimate of drug-likeness (QED) is 0.290. The Hall–Kier alpha value is -4.46. The number of fused-ring (bicyclic) bond motifs is 1. The van der Waals surface area contributed by atoms with E-state index in [0.717, 1.165) is 0 Å². The summed E-state index contributed by atoms with van der Waals surface area (Å²) in [5.74, 6) is 0.316. The number of ether oxygens (including phenoxy) is 4. The third-order valence-corrected chi connectivity index (χ3v) is 5.98. The fourth-order valence-corrected chi connectivity index (χ4v) is 4.45. The van der Waals surface area contributed by atoms with Crippen LogP contribution in [0, 0.1) is 0 Å². The lowest BCUT2D eigenvalue weighted by Crippen LogP contribution is -2.29. The second kappa shape index (κ2) is 9.65. The van der Waals surface area contributed by atoms with Crippen LogP contribution in [-0.2, 0) is 9.59 Å². The summed E-state index contributed by atoms with van der Waals surface area (Å²) in [6, 6.07) is 18.1. The number of hydrogen-bond acceptors (Lipinski definition) is 7. The van der Waals surface area contributed by atoms with Gasteiger partial charge in [-0.1, -0.05) is 24.3 Å². The smallest absolute Gasteiger partial charge is 0.300 e. The van der Waals surface area contributed by atoms with Crippen LogP contribution in [0.5, 0.6) is 23.0 Å². The number of ketones is 1. The van der Waals surface area contributed by atoms with Crippen molar-refractivity contribution in [1.82, 2.24) is 0 Å². The number of carbonyl (C=O) groups excluding carboxylic acids is 2. The zero-order valence-electron chi connectivity index (χ0n) is 19.9. The van der Waals surface area contributed by atoms with Crippen molar-refractivity contribution in [3.63, 3.8) is 0 Å². The number of anilines is 1. The molecule has 3 aromatic rings. The van der Waals surface area contributed by atoms with E-state index >= 15 is 0 Å². The van der Waals surface area contributed by atoms with Gasteiger partial charge >= 0.3 is 0 Å². The van der Waals surface area contributed by atoms with Crippen molar-refractivity contribution in [3.8, 4) is 23.0 Å². The van der Waals surface area contributed by atoms with E-state index < -0.39 is 17.7 Å². The number of nitrogens with zero attached hydrogens (tertiary/aromatic N) is 1. The fourth-order valence-electron chi connectivity index (χ4n) is 4.45. The normalized spacial score (nSPS) is 17.9. The number of aliphatic hydroxyl groups is 1. The van der Waals surface area contributed by atoms with E-state index in [1.165, 1.54) is 4.90 Å². The highest BCUT2D eigenvalue weighted by Gasteiger charge is 2.47. The number of aliphatic hydroxyl groups excluding tert-OH is 1. The molecule has 2 heterocycles. The Bertz CT molecular complexity index is 1360. The summed E-state index contributed by atoms with van der Waals surface area (Å²) in [6.07, 6.45) is 0. The lowest BCUT2D eigenvalue weighted by atomic mass is 9.95. The summed E-state index contributed by atoms with van der Waals surface area (Å²) in [5.41, 5.74) is 1.39. The van der Waals surface area contributed by atoms with E-state index in [4.69, 9.17) is 18.9 Å². The molecule has 0 aromatic heterocycles. The van der Waals surface area contributed by atoms with Crippen molar-refractivity contribution in [2.75, 3.05) is 24.9 Å². The van der Waals surface area contributed by atoms with Gasteiger partial charge in [-0.3, -0.25) is 14.5 Å². The maximum absolute atomic E-state index is 13.4. The van der Waals surface area contributed by atoms with Crippen LogP contribution in [0.3, 0.4) is 0 Å². The molecule has 2 aliphatic heterocycles. The van der Waals surface area contributed by atoms with Gasteiger partial charge in [0.05, 0.1) is 24.8 Å². The van der Waals surface area contributed by atoms with Gasteiger partial charge in [0.1, 0.15) is 17.3 Å². The average molecular weight is 488 g/mol. The zero-order valence-corrected chi connectivity index (χ0v) is 19.9. The van der Waals surface area contributed by atoms with Gasteiger partial charge in [-0.2, -0.15) is 0 Å². The van der Waals surface area contributed by atoms with Gasteiger partial charge < -0.3 is 24.1 Å². The van der Waals surface area contributed by atoms with Gasteiger partial charge in [-0.25, -0.2) is 0 Å². The monoisotopic (exact) mass is 487 g/mol. The minimum Gasteiger partial charge on any atom is -0.507 e. The van der Waals surface area contributed by atoms with E-state index in [1.54, 1.807) is 66.7 Å². The van der Waals surface area contributed by atoms with Crippen molar-refractivity contribution in [1.29, 1.82) is 0 Å². The lowest BCUT2D eigenvalue weighted by molar-refractivity contribution is -0.132. The van der Waals surface area contributed by atoms with Crippen LogP contribution in [0.4, 0.5) is 5.69 Å². The van der Waals surface area contributed by atoms with E-state index in [0.29, 0.717) is 53.0 Å². The molecule has 1 N–H and O–H groups in total. The van der Waals surface area contributed by atoms with Crippen LogP contribution >= 0.6 is 0 Å². The summed E-state index contributed by atoms with van der Waals surface area (Å²) in [5, 5.41) is 11.4. The van der Waals surface area contributed by atoms with Crippen LogP contribution in [0.15, 0.2) is 72.3 Å². The van der Waals surface area contributed by atoms with E-state index in [2.05, 4.69) is 0 Å². The molecule has 1 saturated heterocycles. The number of amides is 1. The molecule has 1 fully saturated rings. The summed E-state index contributed by atoms with van der Waals surface area (Å²) in [7, 11) is 0. The first-order valence-corrected chi connectivity index (χ1v) is 11.7. The molecule has 0 aliphatic carbocycles. The van der Waals surface area contributed by atoms with Crippen molar-refractivity contribution >= 4 is 23.1 Å². The third-order valence-electron chi connectivity index (χ3n) is 5.98. The number of Topliss-reactive ketones (excluding diaryl/α,β-unsaturated/α-hetero) is 1. The SMILES string of the molecule is CCOc1cccc(/C(O)=C2\C(=O)C(=O)N(c3ccc4c(c3)OCO4)C2c2cccc(OCC)c2)c1. The maximum Gasteiger partial charge on any atom is 0.300 e. The Morgan fingerprint density at radius 1 is 0.917 bits per heavy atom. The largest absolute Gasteiger partial charge is 0.507 e. The minimum absolute atomic E-state index is 0.0278. The summed E-state index contributed by atoms with van der Waals surface area (Å²) in [6.45, 7) is 4.71. The first-order chi connectivity index (χ1) is 17.5. The predicted octanol–water partition coefficient (Wildman–Crippen LogP) is 4.84. The molecule has 0 saturated carbocycles. The van der Waals surface area contributed by atoms with Gasteiger partial charge in [0, 0.05) is 17.3 Å². The second-order valence-electron chi connectivity index (χ2n) is 8.17. The number of hydrogen-bond donors (Lipinski definition) is 1. The molecule has 36 heavy (non-hydrogen) atoms. The topological polar surface area (TPSA) is 94.5 Å². The Morgan fingerprint density at radius 2 is 1.61 bits per heavy atom. The highest BCUT2D eigenvalue weighted by Crippen LogP contribution is 2.45. The molecule has 8 heteroatoms. The summed E-state index contributed by atoms with van der Waals surface area (Å²) < 4.78 is 22.1. The second-order valence-corrected chi connectivity index (χ2v) is 8.17. The maximum atomic E-state index is 13.4. The van der Waals surface area contributed by atoms with Crippen molar-refractivity contribution < 1.29 is 33.6 Å². The van der Waals surface area contributed by atoms with Gasteiger partial charge in [-0.15, -0.1) is 0 Å². The molecular formula is C28H25NO7. The van der Waals surface area contributed by atoms with E-state index in [-0.39, 0.29) is 18.1 Å². The summed E-state index contributed by atoms with van der Waals surface area (Å²) >= 11 is 0. The van der Waals surface area contributed by atoms with Crippen LogP contribution in [0.2, 0.25) is 0 Å². The Labute approximate surface area is 208 Å². The molecule has 0 spiro atoms. The molecule has 3 aromatic carbocycles. The first kappa shape index (κ1) is 23.3. The third kappa shape index (κ3) is 4.11. The van der Waals surface area contributed by atoms with Gasteiger partial charge in [0.15, 0.2) is 11.5 Å². The molecular weight excluding hydrogens is 462 g/mol. The average Bonchev–Trinajstić information content (AvgIpc) is 3.46. The Morgan fingerprint density at radius 3 is 2.36 bits per heavy atom. The zero-order chi connectivity index (χ0) is 25.2. The molecule has 0 radical (unpaired) electrons. The molecule has 184 valence electrons. The van der Waals surface area contributed by atoms with Crippen molar-refractivity contribution in [2.24, 2.45) is 0 Å². The lowest BCUT2D eigenvalue weighted by Gasteiger charge is -2.26. The van der Waals surface area contributed by atoms with Crippen LogP contribution < -0.4 is 23.8 Å². The highest BCUT2D eigenvalue weighted by atomic mass is 16.7. The predicted molar refractivity (Wildman–Crippen MR) is 133 cm³/mol. The Kier molecular flexibility index (Phi) is 6.25. The standard InChI is InChI=1S/C28H25NO7/c1-3-33-20-9-5-7-17(13-20)25-24(26(30)18-8-6-10-21(14-18)34-4-2)27(31)28(32)29(25)19-11-12-22-23(15-19)36-16-35-22/h5-15,25,30H,3-4,16H2,1-2H3/b26-24+. The Balaban J connectivity index is 1.69. The molecule has 1 unspecified atom stereocenters. The van der Waals surface area contributed by atoms with E-state index in [1.807, 2.05) is 13.8 Å². The van der Waals surface area contributed by atoms with Crippen molar-refractivity contribution in [3.05, 3.63) is 83.4 Å². The minimum atomic E-state index is -0.901. The molecule has 1 atom stereocenters. The fraction of sp³-hybridized carbons (Fsp3) is 0.214. The first-order valence-electron chi connectivity index (χ1n) is 11.7. The van der Waals surface area contributed by atoms with Crippen molar-refractivity contribution in [2.45, 2.75) is 19.9 Å². The molecule has 5 rings (SSSR count). The number of rotatable bonds is 7. The summed E-state index contributed by atoms with van der Waals surface area (Å²) in [4.78, 5) is 28.2. The van der Waals surface area contributed by atoms with Gasteiger partial charge in [-0.05, 0) is 55.8 Å². The molecule has 2 aliphatic rings. The highest BCUT2D eigenvalue weighted by molar-refractivity contribution is 6.51. The van der Waals surface area contributed by atoms with E-state index in [9.17, 15) is 14.7 Å². The van der Waals surface area contributed by atoms with Gasteiger partial charge in [0.2, 0.25) is 6.79 Å². The molecule has 8 nitrogen and oxygen atoms in total. The molecule has 0 bridgehead atoms. The van der Waals surface area contributed by atoms with Gasteiger partial charge in [0.25, 0.3) is 11.7 Å². The molecule has 1 amide bonds. The van der Waals surface area contributed by atoms with Crippen LogP contribution in [-0.4, -0.2) is 36.8 Å². The number of carbonyl (C=O) groups is 2. The number of benzene rings is 3. The van der Waals surface area contributed by atoms with Crippen LogP contribution in [0.25, 0.3) is 5.76 Å². The van der Waals surface area contributed by atoms with Crippen LogP contribution in [0.1, 0.15) is 31.0 Å².